The molecule has 0 atom stereocenters. The summed E-state index contributed by atoms with van der Waals surface area (Å²) in [6.07, 6.45) is 5.82. The quantitative estimate of drug-likeness (QED) is 0.858. The monoisotopic (exact) mass is 239 g/mol. The van der Waals surface area contributed by atoms with E-state index in [2.05, 4.69) is 0 Å². The molecule has 0 aliphatic heterocycles. The van der Waals surface area contributed by atoms with Gasteiger partial charge in [-0.05, 0) is 30.5 Å². The third kappa shape index (κ3) is 2.18. The number of halogens is 1. The second kappa shape index (κ2) is 4.64. The number of hydrogen-bond acceptors (Lipinski definition) is 2. The topological polar surface area (TPSA) is 35.2 Å². The standard InChI is InChI=1S/C13H18ClNO/c1-16-12-9-10(5-6-11(12)14)13(15)7-3-2-4-8-13/h5-6,9H,2-4,7-8,15H2,1H3. The lowest BCUT2D eigenvalue weighted by Crippen LogP contribution is -2.38. The molecular weight excluding hydrogens is 222 g/mol. The molecule has 1 saturated carbocycles. The van der Waals surface area contributed by atoms with Crippen LogP contribution >= 0.6 is 11.6 Å². The Hall–Kier alpha value is -0.730. The number of ether oxygens (including phenoxy) is 1. The number of hydrogen-bond donors (Lipinski definition) is 1. The molecule has 1 aliphatic carbocycles. The first kappa shape index (κ1) is 11.7. The molecule has 2 N–H and O–H groups in total. The van der Waals surface area contributed by atoms with E-state index in [0.29, 0.717) is 5.02 Å². The first-order valence-corrected chi connectivity index (χ1v) is 6.16. The molecule has 0 unspecified atom stereocenters. The maximum absolute atomic E-state index is 6.46. The van der Waals surface area contributed by atoms with Gasteiger partial charge in [0, 0.05) is 5.54 Å². The first-order valence-electron chi connectivity index (χ1n) is 5.79. The second-order valence-electron chi connectivity index (χ2n) is 4.57. The summed E-state index contributed by atoms with van der Waals surface area (Å²) in [5.74, 6) is 0.717. The van der Waals surface area contributed by atoms with Crippen molar-refractivity contribution in [3.05, 3.63) is 28.8 Å². The lowest BCUT2D eigenvalue weighted by molar-refractivity contribution is 0.301. The molecule has 88 valence electrons. The van der Waals surface area contributed by atoms with E-state index in [0.717, 1.165) is 24.2 Å². The van der Waals surface area contributed by atoms with Gasteiger partial charge >= 0.3 is 0 Å². The Morgan fingerprint density at radius 2 is 1.94 bits per heavy atom. The molecule has 0 spiro atoms. The summed E-state index contributed by atoms with van der Waals surface area (Å²) >= 11 is 6.01. The Kier molecular flexibility index (Phi) is 3.41. The Balaban J connectivity index is 2.32. The van der Waals surface area contributed by atoms with E-state index >= 15 is 0 Å². The molecule has 3 heteroatoms. The molecule has 0 aromatic heterocycles. The number of benzene rings is 1. The summed E-state index contributed by atoms with van der Waals surface area (Å²) in [4.78, 5) is 0. The highest BCUT2D eigenvalue weighted by Crippen LogP contribution is 2.37. The van der Waals surface area contributed by atoms with E-state index < -0.39 is 0 Å². The largest absolute Gasteiger partial charge is 0.495 e. The highest BCUT2D eigenvalue weighted by molar-refractivity contribution is 6.32. The van der Waals surface area contributed by atoms with Gasteiger partial charge in [-0.2, -0.15) is 0 Å². The molecule has 2 nitrogen and oxygen atoms in total. The van der Waals surface area contributed by atoms with Crippen molar-refractivity contribution in [2.24, 2.45) is 5.73 Å². The normalized spacial score (nSPS) is 19.4. The molecule has 0 bridgehead atoms. The fraction of sp³-hybridized carbons (Fsp3) is 0.538. The van der Waals surface area contributed by atoms with Gasteiger partial charge in [0.05, 0.1) is 12.1 Å². The molecule has 0 radical (unpaired) electrons. The van der Waals surface area contributed by atoms with Crippen LogP contribution in [0.15, 0.2) is 18.2 Å². The molecule has 0 saturated heterocycles. The van der Waals surface area contributed by atoms with E-state index in [-0.39, 0.29) is 5.54 Å². The van der Waals surface area contributed by atoms with E-state index in [4.69, 9.17) is 22.1 Å². The van der Waals surface area contributed by atoms with E-state index in [9.17, 15) is 0 Å². The van der Waals surface area contributed by atoms with Crippen molar-refractivity contribution in [2.75, 3.05) is 7.11 Å². The highest BCUT2D eigenvalue weighted by atomic mass is 35.5. The van der Waals surface area contributed by atoms with E-state index in [1.165, 1.54) is 19.3 Å². The average Bonchev–Trinajstić information content (AvgIpc) is 2.30. The SMILES string of the molecule is COc1cc(C2(N)CCCCC2)ccc1Cl. The van der Waals surface area contributed by atoms with Crippen LogP contribution in [0.5, 0.6) is 5.75 Å². The van der Waals surface area contributed by atoms with Gasteiger partial charge in [0.15, 0.2) is 0 Å². The van der Waals surface area contributed by atoms with Gasteiger partial charge in [-0.15, -0.1) is 0 Å². The number of rotatable bonds is 2. The Bertz CT molecular complexity index is 372. The number of methoxy groups -OCH3 is 1. The van der Waals surface area contributed by atoms with Crippen molar-refractivity contribution in [1.29, 1.82) is 0 Å². The van der Waals surface area contributed by atoms with Crippen LogP contribution in [-0.2, 0) is 5.54 Å². The zero-order chi connectivity index (χ0) is 11.6. The van der Waals surface area contributed by atoms with Crippen LogP contribution in [0.3, 0.4) is 0 Å². The van der Waals surface area contributed by atoms with Crippen molar-refractivity contribution in [2.45, 2.75) is 37.6 Å². The van der Waals surface area contributed by atoms with E-state index in [1.54, 1.807) is 7.11 Å². The molecule has 1 aromatic carbocycles. The van der Waals surface area contributed by atoms with Gasteiger partial charge in [-0.25, -0.2) is 0 Å². The minimum atomic E-state index is -0.184. The summed E-state index contributed by atoms with van der Waals surface area (Å²) in [6, 6.07) is 5.88. The molecule has 1 aromatic rings. The molecule has 0 heterocycles. The van der Waals surface area contributed by atoms with Gasteiger partial charge in [-0.3, -0.25) is 0 Å². The van der Waals surface area contributed by atoms with Crippen LogP contribution in [0.25, 0.3) is 0 Å². The summed E-state index contributed by atoms with van der Waals surface area (Å²) in [5, 5.41) is 0.644. The Morgan fingerprint density at radius 1 is 1.25 bits per heavy atom. The summed E-state index contributed by atoms with van der Waals surface area (Å²) in [5.41, 5.74) is 7.42. The third-order valence-electron chi connectivity index (χ3n) is 3.47. The van der Waals surface area contributed by atoms with E-state index in [1.807, 2.05) is 18.2 Å². The smallest absolute Gasteiger partial charge is 0.137 e. The van der Waals surface area contributed by atoms with Crippen LogP contribution < -0.4 is 10.5 Å². The fourth-order valence-corrected chi connectivity index (χ4v) is 2.64. The first-order chi connectivity index (χ1) is 7.65. The van der Waals surface area contributed by atoms with Gasteiger partial charge in [0.25, 0.3) is 0 Å². The van der Waals surface area contributed by atoms with Crippen LogP contribution in [-0.4, -0.2) is 7.11 Å². The minimum absolute atomic E-state index is 0.184. The summed E-state index contributed by atoms with van der Waals surface area (Å²) in [7, 11) is 1.63. The van der Waals surface area contributed by atoms with Crippen LogP contribution in [0.4, 0.5) is 0 Å². The zero-order valence-electron chi connectivity index (χ0n) is 9.63. The lowest BCUT2D eigenvalue weighted by atomic mass is 9.77. The average molecular weight is 240 g/mol. The van der Waals surface area contributed by atoms with Gasteiger partial charge in [-0.1, -0.05) is 36.9 Å². The maximum Gasteiger partial charge on any atom is 0.137 e. The van der Waals surface area contributed by atoms with Crippen molar-refractivity contribution >= 4 is 11.6 Å². The Morgan fingerprint density at radius 3 is 2.56 bits per heavy atom. The van der Waals surface area contributed by atoms with Crippen molar-refractivity contribution in [1.82, 2.24) is 0 Å². The van der Waals surface area contributed by atoms with Crippen LogP contribution in [0.2, 0.25) is 5.02 Å². The zero-order valence-corrected chi connectivity index (χ0v) is 10.4. The molecule has 1 aliphatic rings. The second-order valence-corrected chi connectivity index (χ2v) is 4.97. The van der Waals surface area contributed by atoms with Gasteiger partial charge < -0.3 is 10.5 Å². The predicted molar refractivity (Wildman–Crippen MR) is 67.0 cm³/mol. The number of nitrogens with two attached hydrogens (primary N) is 1. The van der Waals surface area contributed by atoms with Crippen molar-refractivity contribution in [3.63, 3.8) is 0 Å². The van der Waals surface area contributed by atoms with Crippen LogP contribution in [0, 0.1) is 0 Å². The maximum atomic E-state index is 6.46. The highest BCUT2D eigenvalue weighted by Gasteiger charge is 2.29. The van der Waals surface area contributed by atoms with Crippen molar-refractivity contribution in [3.8, 4) is 5.75 Å². The fourth-order valence-electron chi connectivity index (χ4n) is 2.44. The third-order valence-corrected chi connectivity index (χ3v) is 3.78. The van der Waals surface area contributed by atoms with Gasteiger partial charge in [0.2, 0.25) is 0 Å². The molecule has 16 heavy (non-hydrogen) atoms. The lowest BCUT2D eigenvalue weighted by Gasteiger charge is -2.34. The predicted octanol–water partition coefficient (Wildman–Crippen LogP) is 3.47. The molecule has 2 rings (SSSR count). The minimum Gasteiger partial charge on any atom is -0.495 e. The Labute approximate surface area is 102 Å². The molecular formula is C13H18ClNO. The summed E-state index contributed by atoms with van der Waals surface area (Å²) < 4.78 is 5.23. The summed E-state index contributed by atoms with van der Waals surface area (Å²) in [6.45, 7) is 0. The molecule has 0 amide bonds. The van der Waals surface area contributed by atoms with Gasteiger partial charge in [0.1, 0.15) is 5.75 Å². The molecule has 1 fully saturated rings. The van der Waals surface area contributed by atoms with Crippen molar-refractivity contribution < 1.29 is 4.74 Å². The van der Waals surface area contributed by atoms with Crippen LogP contribution in [0.1, 0.15) is 37.7 Å².